The Balaban J connectivity index is 1.68. The Morgan fingerprint density at radius 1 is 1.25 bits per heavy atom. The second-order valence-electron chi connectivity index (χ2n) is 4.75. The normalized spacial score (nSPS) is 22.5. The van der Waals surface area contributed by atoms with Crippen LogP contribution >= 0.6 is 0 Å². The number of nitrogens with zero attached hydrogens (tertiary/aromatic N) is 1. The Hall–Kier alpha value is -1.06. The van der Waals surface area contributed by atoms with Gasteiger partial charge in [-0.2, -0.15) is 0 Å². The Morgan fingerprint density at radius 2 is 1.88 bits per heavy atom. The van der Waals surface area contributed by atoms with Crippen LogP contribution in [0, 0.1) is 5.92 Å². The number of rotatable bonds is 2. The van der Waals surface area contributed by atoms with E-state index in [2.05, 4.69) is 0 Å². The van der Waals surface area contributed by atoms with Crippen molar-refractivity contribution >= 4 is 11.9 Å². The van der Waals surface area contributed by atoms with Gasteiger partial charge in [0.2, 0.25) is 0 Å². The van der Waals surface area contributed by atoms with Crippen LogP contribution in [0.1, 0.15) is 38.5 Å². The average Bonchev–Trinajstić information content (AvgIpc) is 2.80. The summed E-state index contributed by atoms with van der Waals surface area (Å²) >= 11 is 0. The zero-order valence-corrected chi connectivity index (χ0v) is 9.61. The Labute approximate surface area is 95.9 Å². The molecule has 90 valence electrons. The topological polar surface area (TPSA) is 46.6 Å². The molecule has 2 rings (SSSR count). The van der Waals surface area contributed by atoms with Crippen molar-refractivity contribution in [3.63, 3.8) is 0 Å². The summed E-state index contributed by atoms with van der Waals surface area (Å²) in [5.41, 5.74) is 0. The van der Waals surface area contributed by atoms with Crippen LogP contribution in [0.4, 0.5) is 4.79 Å². The van der Waals surface area contributed by atoms with E-state index in [0.717, 1.165) is 0 Å². The fourth-order valence-corrected chi connectivity index (χ4v) is 2.40. The Kier molecular flexibility index (Phi) is 3.80. The highest BCUT2D eigenvalue weighted by atomic mass is 16.6. The van der Waals surface area contributed by atoms with Gasteiger partial charge in [-0.25, -0.2) is 4.79 Å². The van der Waals surface area contributed by atoms with Gasteiger partial charge in [-0.1, -0.05) is 12.8 Å². The van der Waals surface area contributed by atoms with E-state index in [9.17, 15) is 9.59 Å². The van der Waals surface area contributed by atoms with Crippen molar-refractivity contribution in [2.75, 3.05) is 19.7 Å². The number of carbonyl (C=O) groups excluding carboxylic acids is 2. The first-order valence-electron chi connectivity index (χ1n) is 6.19. The molecule has 1 saturated heterocycles. The summed E-state index contributed by atoms with van der Waals surface area (Å²) in [5, 5.41) is 0. The molecule has 4 heteroatoms. The highest BCUT2D eigenvalue weighted by Gasteiger charge is 2.23. The molecule has 4 nitrogen and oxygen atoms in total. The zero-order chi connectivity index (χ0) is 11.4. The summed E-state index contributed by atoms with van der Waals surface area (Å²) in [6.45, 7) is 1.62. The van der Waals surface area contributed by atoms with Crippen molar-refractivity contribution in [3.05, 3.63) is 0 Å². The van der Waals surface area contributed by atoms with Gasteiger partial charge in [0, 0.05) is 25.9 Å². The molecule has 0 aromatic heterocycles. The van der Waals surface area contributed by atoms with E-state index in [-0.39, 0.29) is 11.9 Å². The highest BCUT2D eigenvalue weighted by molar-refractivity contribution is 5.81. The van der Waals surface area contributed by atoms with Crippen molar-refractivity contribution in [2.45, 2.75) is 38.5 Å². The van der Waals surface area contributed by atoms with Gasteiger partial charge >= 0.3 is 6.09 Å². The summed E-state index contributed by atoms with van der Waals surface area (Å²) in [7, 11) is 0. The van der Waals surface area contributed by atoms with Gasteiger partial charge in [0.25, 0.3) is 0 Å². The molecule has 16 heavy (non-hydrogen) atoms. The number of hydrogen-bond donors (Lipinski definition) is 0. The second-order valence-corrected chi connectivity index (χ2v) is 4.75. The number of ether oxygens (including phenoxy) is 1. The molecule has 1 amide bonds. The third-order valence-electron chi connectivity index (χ3n) is 3.50. The quantitative estimate of drug-likeness (QED) is 0.722. The molecule has 0 aromatic carbocycles. The van der Waals surface area contributed by atoms with E-state index in [0.29, 0.717) is 38.5 Å². The van der Waals surface area contributed by atoms with Gasteiger partial charge in [0.15, 0.2) is 0 Å². The molecule has 0 N–H and O–H groups in total. The predicted molar refractivity (Wildman–Crippen MR) is 59.1 cm³/mol. The van der Waals surface area contributed by atoms with Gasteiger partial charge < -0.3 is 9.64 Å². The number of hydrogen-bond acceptors (Lipinski definition) is 3. The van der Waals surface area contributed by atoms with E-state index < -0.39 is 0 Å². The highest BCUT2D eigenvalue weighted by Crippen LogP contribution is 2.25. The minimum absolute atomic E-state index is 0.237. The third kappa shape index (κ3) is 2.97. The number of carbonyl (C=O) groups is 2. The molecule has 0 unspecified atom stereocenters. The molecule has 0 bridgehead atoms. The lowest BCUT2D eigenvalue weighted by Crippen LogP contribution is -2.39. The van der Waals surface area contributed by atoms with Crippen molar-refractivity contribution in [2.24, 2.45) is 5.92 Å². The number of ketones is 1. The Morgan fingerprint density at radius 3 is 2.50 bits per heavy atom. The number of piperidine rings is 1. The lowest BCUT2D eigenvalue weighted by atomic mass is 10.1. The maximum absolute atomic E-state index is 11.7. The van der Waals surface area contributed by atoms with Crippen LogP contribution in [-0.4, -0.2) is 36.5 Å². The summed E-state index contributed by atoms with van der Waals surface area (Å²) in [6.07, 6.45) is 5.63. The van der Waals surface area contributed by atoms with E-state index in [1.807, 2.05) is 0 Å². The van der Waals surface area contributed by atoms with Crippen LogP contribution in [0.5, 0.6) is 0 Å². The SMILES string of the molecule is O=C1CCN(C(=O)OCC2CCCC2)CC1. The summed E-state index contributed by atoms with van der Waals surface area (Å²) in [5.74, 6) is 0.815. The largest absolute Gasteiger partial charge is 0.449 e. The molecule has 2 fully saturated rings. The average molecular weight is 225 g/mol. The maximum Gasteiger partial charge on any atom is 0.409 e. The molecule has 0 radical (unpaired) electrons. The van der Waals surface area contributed by atoms with Gasteiger partial charge in [0.1, 0.15) is 5.78 Å². The first-order valence-corrected chi connectivity index (χ1v) is 6.19. The van der Waals surface area contributed by atoms with Gasteiger partial charge in [-0.05, 0) is 18.8 Å². The number of likely N-dealkylation sites (tertiary alicyclic amines) is 1. The monoisotopic (exact) mass is 225 g/mol. The zero-order valence-electron chi connectivity index (χ0n) is 9.61. The molecule has 2 aliphatic rings. The molecular formula is C12H19NO3. The van der Waals surface area contributed by atoms with E-state index in [1.165, 1.54) is 25.7 Å². The van der Waals surface area contributed by atoms with Gasteiger partial charge in [-0.15, -0.1) is 0 Å². The molecule has 1 saturated carbocycles. The predicted octanol–water partition coefficient (Wildman–Crippen LogP) is 1.98. The fourth-order valence-electron chi connectivity index (χ4n) is 2.40. The first kappa shape index (κ1) is 11.4. The molecule has 0 aromatic rings. The number of amides is 1. The van der Waals surface area contributed by atoms with Crippen molar-refractivity contribution < 1.29 is 14.3 Å². The molecule has 0 atom stereocenters. The number of Topliss-reactive ketones (excluding diaryl/α,β-unsaturated/α-hetero) is 1. The van der Waals surface area contributed by atoms with Crippen LogP contribution in [-0.2, 0) is 9.53 Å². The third-order valence-corrected chi connectivity index (χ3v) is 3.50. The van der Waals surface area contributed by atoms with Crippen molar-refractivity contribution in [3.8, 4) is 0 Å². The first-order chi connectivity index (χ1) is 7.75. The van der Waals surface area contributed by atoms with Crippen LogP contribution in [0.2, 0.25) is 0 Å². The van der Waals surface area contributed by atoms with Crippen LogP contribution in [0.15, 0.2) is 0 Å². The summed E-state index contributed by atoms with van der Waals surface area (Å²) < 4.78 is 5.28. The lowest BCUT2D eigenvalue weighted by molar-refractivity contribution is -0.121. The summed E-state index contributed by atoms with van der Waals surface area (Å²) in [6, 6.07) is 0. The van der Waals surface area contributed by atoms with Gasteiger partial charge in [0.05, 0.1) is 6.61 Å². The molecule has 1 heterocycles. The van der Waals surface area contributed by atoms with Crippen molar-refractivity contribution in [1.29, 1.82) is 0 Å². The minimum Gasteiger partial charge on any atom is -0.449 e. The summed E-state index contributed by atoms with van der Waals surface area (Å²) in [4.78, 5) is 24.3. The molecular weight excluding hydrogens is 206 g/mol. The second kappa shape index (κ2) is 5.32. The minimum atomic E-state index is -0.237. The smallest absolute Gasteiger partial charge is 0.409 e. The van der Waals surface area contributed by atoms with Crippen LogP contribution < -0.4 is 0 Å². The van der Waals surface area contributed by atoms with Crippen LogP contribution in [0.25, 0.3) is 0 Å². The van der Waals surface area contributed by atoms with E-state index in [4.69, 9.17) is 4.74 Å². The molecule has 0 spiro atoms. The standard InChI is InChI=1S/C12H19NO3/c14-11-5-7-13(8-6-11)12(15)16-9-10-3-1-2-4-10/h10H,1-9H2. The van der Waals surface area contributed by atoms with Gasteiger partial charge in [-0.3, -0.25) is 4.79 Å². The molecule has 1 aliphatic carbocycles. The van der Waals surface area contributed by atoms with E-state index in [1.54, 1.807) is 4.90 Å². The maximum atomic E-state index is 11.7. The fraction of sp³-hybridized carbons (Fsp3) is 0.833. The van der Waals surface area contributed by atoms with E-state index >= 15 is 0 Å². The van der Waals surface area contributed by atoms with Crippen LogP contribution in [0.3, 0.4) is 0 Å². The lowest BCUT2D eigenvalue weighted by Gasteiger charge is -2.25. The van der Waals surface area contributed by atoms with Crippen molar-refractivity contribution in [1.82, 2.24) is 4.90 Å². The molecule has 1 aliphatic heterocycles. The Bertz CT molecular complexity index is 261.